The van der Waals surface area contributed by atoms with Gasteiger partial charge in [-0.1, -0.05) is 45.0 Å². The number of amides is 1. The van der Waals surface area contributed by atoms with Crippen molar-refractivity contribution in [3.05, 3.63) is 89.2 Å². The summed E-state index contributed by atoms with van der Waals surface area (Å²) >= 11 is 0. The van der Waals surface area contributed by atoms with Gasteiger partial charge in [0.2, 0.25) is 0 Å². The Hall–Kier alpha value is -3.98. The molecule has 2 N–H and O–H groups in total. The summed E-state index contributed by atoms with van der Waals surface area (Å²) in [5.41, 5.74) is 5.43. The Morgan fingerprint density at radius 2 is 1.87 bits per heavy atom. The van der Waals surface area contributed by atoms with E-state index in [4.69, 9.17) is 6.57 Å². The normalized spacial score (nSPS) is 11.3. The zero-order valence-corrected chi connectivity index (χ0v) is 17.7. The molecule has 2 aromatic heterocycles. The molecule has 0 fully saturated rings. The predicted molar refractivity (Wildman–Crippen MR) is 122 cm³/mol. The van der Waals surface area contributed by atoms with E-state index in [2.05, 4.69) is 45.9 Å². The quantitative estimate of drug-likeness (QED) is 0.443. The highest BCUT2D eigenvalue weighted by atomic mass is 16.1. The van der Waals surface area contributed by atoms with Crippen LogP contribution in [0.4, 0.5) is 5.69 Å². The lowest BCUT2D eigenvalue weighted by Crippen LogP contribution is -2.23. The molecule has 4 aromatic rings. The standard InChI is InChI=1S/C25H23N5O/c1-25(2,3)19-9-7-16(8-10-19)24(31)28-14-18-6-5-17(13-21(18)26-4)22-20-11-12-27-23(20)30-15-29-22/h5-13,15H,14H2,1-3H3,(H,28,31)(H,27,29,30). The molecule has 154 valence electrons. The van der Waals surface area contributed by atoms with Crippen LogP contribution in [0.5, 0.6) is 0 Å². The van der Waals surface area contributed by atoms with Crippen molar-refractivity contribution in [3.63, 3.8) is 0 Å². The summed E-state index contributed by atoms with van der Waals surface area (Å²) in [5.74, 6) is -0.162. The Bertz CT molecular complexity index is 1290. The lowest BCUT2D eigenvalue weighted by atomic mass is 9.87. The number of hydrogen-bond acceptors (Lipinski definition) is 3. The third-order valence-electron chi connectivity index (χ3n) is 5.29. The van der Waals surface area contributed by atoms with Gasteiger partial charge in [-0.2, -0.15) is 0 Å². The number of carbonyl (C=O) groups is 1. The molecule has 0 radical (unpaired) electrons. The molecule has 31 heavy (non-hydrogen) atoms. The number of aromatic nitrogens is 3. The van der Waals surface area contributed by atoms with Gasteiger partial charge < -0.3 is 10.3 Å². The largest absolute Gasteiger partial charge is 0.349 e. The smallest absolute Gasteiger partial charge is 0.251 e. The van der Waals surface area contributed by atoms with Crippen LogP contribution in [-0.4, -0.2) is 20.9 Å². The van der Waals surface area contributed by atoms with Gasteiger partial charge in [-0.3, -0.25) is 4.79 Å². The summed E-state index contributed by atoms with van der Waals surface area (Å²) in [6, 6.07) is 15.2. The van der Waals surface area contributed by atoms with Crippen LogP contribution in [0, 0.1) is 6.57 Å². The summed E-state index contributed by atoms with van der Waals surface area (Å²) in [6.45, 7) is 14.3. The number of nitrogens with zero attached hydrogens (tertiary/aromatic N) is 3. The highest BCUT2D eigenvalue weighted by Gasteiger charge is 2.15. The third kappa shape index (κ3) is 4.17. The van der Waals surface area contributed by atoms with Gasteiger partial charge in [0.25, 0.3) is 5.91 Å². The zero-order chi connectivity index (χ0) is 22.0. The average Bonchev–Trinajstić information content (AvgIpc) is 3.26. The second-order valence-corrected chi connectivity index (χ2v) is 8.43. The molecule has 0 saturated carbocycles. The highest BCUT2D eigenvalue weighted by molar-refractivity contribution is 5.94. The second-order valence-electron chi connectivity index (χ2n) is 8.43. The molecule has 1 amide bonds. The summed E-state index contributed by atoms with van der Waals surface area (Å²) in [5, 5.41) is 3.82. The van der Waals surface area contributed by atoms with Gasteiger partial charge >= 0.3 is 0 Å². The van der Waals surface area contributed by atoms with Crippen LogP contribution < -0.4 is 5.32 Å². The lowest BCUT2D eigenvalue weighted by Gasteiger charge is -2.19. The Balaban J connectivity index is 1.52. The maximum absolute atomic E-state index is 12.6. The molecule has 4 rings (SSSR count). The Labute approximate surface area is 181 Å². The van der Waals surface area contributed by atoms with Crippen molar-refractivity contribution in [1.29, 1.82) is 0 Å². The molecule has 0 spiro atoms. The first-order chi connectivity index (χ1) is 14.9. The minimum atomic E-state index is -0.162. The van der Waals surface area contributed by atoms with Crippen molar-refractivity contribution in [1.82, 2.24) is 20.3 Å². The molecular weight excluding hydrogens is 386 g/mol. The van der Waals surface area contributed by atoms with E-state index in [-0.39, 0.29) is 17.9 Å². The monoisotopic (exact) mass is 409 g/mol. The number of rotatable bonds is 4. The highest BCUT2D eigenvalue weighted by Crippen LogP contribution is 2.30. The summed E-state index contributed by atoms with van der Waals surface area (Å²) in [4.78, 5) is 27.9. The number of carbonyl (C=O) groups excluding carboxylic acids is 1. The van der Waals surface area contributed by atoms with Gasteiger partial charge in [-0.05, 0) is 46.4 Å². The molecule has 0 aliphatic heterocycles. The Morgan fingerprint density at radius 3 is 2.58 bits per heavy atom. The first kappa shape index (κ1) is 20.3. The molecule has 0 aliphatic carbocycles. The molecule has 0 saturated heterocycles. The molecule has 2 heterocycles. The van der Waals surface area contributed by atoms with E-state index in [1.807, 2.05) is 48.7 Å². The average molecular weight is 409 g/mol. The first-order valence-electron chi connectivity index (χ1n) is 10.0. The van der Waals surface area contributed by atoms with Gasteiger partial charge in [0.15, 0.2) is 5.69 Å². The van der Waals surface area contributed by atoms with Crippen molar-refractivity contribution in [2.45, 2.75) is 32.7 Å². The fraction of sp³-hybridized carbons (Fsp3) is 0.200. The van der Waals surface area contributed by atoms with Crippen LogP contribution >= 0.6 is 0 Å². The molecular formula is C25H23N5O. The molecule has 0 unspecified atom stereocenters. The van der Waals surface area contributed by atoms with Gasteiger partial charge in [0, 0.05) is 23.7 Å². The Morgan fingerprint density at radius 1 is 1.10 bits per heavy atom. The van der Waals surface area contributed by atoms with Crippen LogP contribution in [0.3, 0.4) is 0 Å². The minimum Gasteiger partial charge on any atom is -0.349 e. The van der Waals surface area contributed by atoms with Gasteiger partial charge in [-0.25, -0.2) is 14.8 Å². The van der Waals surface area contributed by atoms with Crippen molar-refractivity contribution >= 4 is 22.6 Å². The number of fused-ring (bicyclic) bond motifs is 1. The maximum Gasteiger partial charge on any atom is 0.251 e. The van der Waals surface area contributed by atoms with Gasteiger partial charge in [0.1, 0.15) is 12.0 Å². The van der Waals surface area contributed by atoms with E-state index in [0.717, 1.165) is 27.9 Å². The van der Waals surface area contributed by atoms with Crippen LogP contribution in [0.25, 0.3) is 27.1 Å². The number of aromatic amines is 1. The summed E-state index contributed by atoms with van der Waals surface area (Å²) in [7, 11) is 0. The van der Waals surface area contributed by atoms with Crippen LogP contribution in [-0.2, 0) is 12.0 Å². The van der Waals surface area contributed by atoms with E-state index >= 15 is 0 Å². The lowest BCUT2D eigenvalue weighted by molar-refractivity contribution is 0.0951. The van der Waals surface area contributed by atoms with Crippen LogP contribution in [0.1, 0.15) is 42.3 Å². The zero-order valence-electron chi connectivity index (χ0n) is 17.7. The first-order valence-corrected chi connectivity index (χ1v) is 10.0. The minimum absolute atomic E-state index is 0.0386. The van der Waals surface area contributed by atoms with Crippen molar-refractivity contribution in [3.8, 4) is 11.3 Å². The van der Waals surface area contributed by atoms with E-state index in [9.17, 15) is 4.79 Å². The molecule has 0 aliphatic rings. The van der Waals surface area contributed by atoms with E-state index < -0.39 is 0 Å². The van der Waals surface area contributed by atoms with Crippen LogP contribution in [0.2, 0.25) is 0 Å². The number of nitrogens with one attached hydrogen (secondary N) is 2. The number of H-pyrrole nitrogens is 1. The summed E-state index contributed by atoms with van der Waals surface area (Å²) < 4.78 is 0. The van der Waals surface area contributed by atoms with Gasteiger partial charge in [0.05, 0.1) is 12.3 Å². The molecule has 6 nitrogen and oxygen atoms in total. The second kappa shape index (κ2) is 8.04. The molecule has 0 atom stereocenters. The Kier molecular flexibility index (Phi) is 5.26. The SMILES string of the molecule is [C-]#[N+]c1cc(-c2ncnc3[nH]ccc23)ccc1CNC(=O)c1ccc(C(C)(C)C)cc1. The molecule has 0 bridgehead atoms. The van der Waals surface area contributed by atoms with Crippen LogP contribution in [0.15, 0.2) is 61.1 Å². The van der Waals surface area contributed by atoms with E-state index in [1.54, 1.807) is 6.07 Å². The topological polar surface area (TPSA) is 75.0 Å². The maximum atomic E-state index is 12.6. The molecule has 6 heteroatoms. The fourth-order valence-electron chi connectivity index (χ4n) is 3.47. The van der Waals surface area contributed by atoms with Crippen molar-refractivity contribution in [2.75, 3.05) is 0 Å². The predicted octanol–water partition coefficient (Wildman–Crippen LogP) is 5.40. The fourth-order valence-corrected chi connectivity index (χ4v) is 3.47. The van der Waals surface area contributed by atoms with Crippen molar-refractivity contribution in [2.24, 2.45) is 0 Å². The number of benzene rings is 2. The van der Waals surface area contributed by atoms with Crippen molar-refractivity contribution < 1.29 is 4.79 Å². The van der Waals surface area contributed by atoms with Gasteiger partial charge in [-0.15, -0.1) is 0 Å². The van der Waals surface area contributed by atoms with E-state index in [1.165, 1.54) is 11.9 Å². The summed E-state index contributed by atoms with van der Waals surface area (Å²) in [6.07, 6.45) is 3.32. The number of hydrogen-bond donors (Lipinski definition) is 2. The third-order valence-corrected chi connectivity index (χ3v) is 5.29. The molecule has 2 aromatic carbocycles. The van der Waals surface area contributed by atoms with E-state index in [0.29, 0.717) is 11.3 Å².